The summed E-state index contributed by atoms with van der Waals surface area (Å²) in [5.74, 6) is -0.0684. The van der Waals surface area contributed by atoms with Crippen LogP contribution in [0.2, 0.25) is 0 Å². The van der Waals surface area contributed by atoms with Gasteiger partial charge in [-0.15, -0.1) is 0 Å². The van der Waals surface area contributed by atoms with Crippen molar-refractivity contribution in [3.63, 3.8) is 0 Å². The number of nitrogens with one attached hydrogen (secondary N) is 2. The highest BCUT2D eigenvalue weighted by Gasteiger charge is 2.19. The van der Waals surface area contributed by atoms with Crippen LogP contribution >= 0.6 is 0 Å². The molecule has 0 saturated carbocycles. The summed E-state index contributed by atoms with van der Waals surface area (Å²) in [6.07, 6.45) is 0.949. The molecule has 0 saturated heterocycles. The van der Waals surface area contributed by atoms with Crippen molar-refractivity contribution in [3.8, 4) is 0 Å². The fourth-order valence-electron chi connectivity index (χ4n) is 1.80. The third kappa shape index (κ3) is 5.43. The Bertz CT molecular complexity index is 553. The lowest BCUT2D eigenvalue weighted by molar-refractivity contribution is -0.384. The zero-order chi connectivity index (χ0) is 16.7. The molecule has 0 atom stereocenters. The zero-order valence-corrected chi connectivity index (χ0v) is 12.5. The molecular formula is C13H20N4O5. The van der Waals surface area contributed by atoms with E-state index in [-0.39, 0.29) is 24.5 Å². The predicted octanol–water partition coefficient (Wildman–Crippen LogP) is 1.44. The standard InChI is InChI=1S/C13H20N4O5/c1-9(2)3-6-16-8-10(17(21)22)7-11(16)12(18)14-4-5-15-13(19)20/h7-9,15H,3-6H2,1-2H3,(H,14,18)(H,19,20). The molecule has 3 N–H and O–H groups in total. The van der Waals surface area contributed by atoms with Gasteiger partial charge in [0, 0.05) is 25.7 Å². The smallest absolute Gasteiger partial charge is 0.404 e. The van der Waals surface area contributed by atoms with E-state index in [1.165, 1.54) is 12.3 Å². The lowest BCUT2D eigenvalue weighted by Crippen LogP contribution is -2.34. The molecule has 22 heavy (non-hydrogen) atoms. The molecule has 0 fully saturated rings. The van der Waals surface area contributed by atoms with Crippen molar-refractivity contribution in [2.75, 3.05) is 13.1 Å². The van der Waals surface area contributed by atoms with E-state index in [4.69, 9.17) is 5.11 Å². The molecule has 122 valence electrons. The SMILES string of the molecule is CC(C)CCn1cc([N+](=O)[O-])cc1C(=O)NCCNC(=O)O. The first kappa shape index (κ1) is 17.5. The van der Waals surface area contributed by atoms with Crippen LogP contribution < -0.4 is 10.6 Å². The molecule has 1 rings (SSSR count). The van der Waals surface area contributed by atoms with Crippen molar-refractivity contribution in [1.29, 1.82) is 0 Å². The molecule has 0 aliphatic rings. The quantitative estimate of drug-likeness (QED) is 0.380. The summed E-state index contributed by atoms with van der Waals surface area (Å²) in [6.45, 7) is 4.72. The van der Waals surface area contributed by atoms with Gasteiger partial charge in [-0.1, -0.05) is 13.8 Å². The normalized spacial score (nSPS) is 10.5. The van der Waals surface area contributed by atoms with Crippen LogP contribution in [0.1, 0.15) is 30.8 Å². The van der Waals surface area contributed by atoms with Gasteiger partial charge in [0.15, 0.2) is 0 Å². The number of carbonyl (C=O) groups excluding carboxylic acids is 1. The summed E-state index contributed by atoms with van der Waals surface area (Å²) in [4.78, 5) is 32.7. The zero-order valence-electron chi connectivity index (χ0n) is 12.5. The third-order valence-electron chi connectivity index (χ3n) is 2.96. The van der Waals surface area contributed by atoms with Gasteiger partial charge < -0.3 is 20.3 Å². The van der Waals surface area contributed by atoms with Gasteiger partial charge in [0.25, 0.3) is 11.6 Å². The van der Waals surface area contributed by atoms with Gasteiger partial charge in [-0.05, 0) is 12.3 Å². The Balaban J connectivity index is 2.74. The number of amides is 2. The summed E-state index contributed by atoms with van der Waals surface area (Å²) in [7, 11) is 0. The molecule has 9 nitrogen and oxygen atoms in total. The number of nitrogens with zero attached hydrogens (tertiary/aromatic N) is 2. The lowest BCUT2D eigenvalue weighted by Gasteiger charge is -2.10. The topological polar surface area (TPSA) is 126 Å². The van der Waals surface area contributed by atoms with Gasteiger partial charge in [-0.3, -0.25) is 14.9 Å². The molecule has 0 bridgehead atoms. The molecule has 0 unspecified atom stereocenters. The van der Waals surface area contributed by atoms with Crippen molar-refractivity contribution in [3.05, 3.63) is 28.1 Å². The van der Waals surface area contributed by atoms with Crippen molar-refractivity contribution >= 4 is 17.7 Å². The number of aromatic nitrogens is 1. The summed E-state index contributed by atoms with van der Waals surface area (Å²) in [5.41, 5.74) is 0.0558. The van der Waals surface area contributed by atoms with E-state index in [2.05, 4.69) is 10.6 Å². The van der Waals surface area contributed by atoms with Gasteiger partial charge >= 0.3 is 6.09 Å². The van der Waals surface area contributed by atoms with E-state index in [0.717, 1.165) is 6.42 Å². The number of carbonyl (C=O) groups is 2. The van der Waals surface area contributed by atoms with Crippen molar-refractivity contribution < 1.29 is 19.6 Å². The van der Waals surface area contributed by atoms with Crippen LogP contribution in [0.15, 0.2) is 12.3 Å². The molecule has 0 radical (unpaired) electrons. The van der Waals surface area contributed by atoms with Gasteiger partial charge in [0.05, 0.1) is 11.1 Å². The first-order chi connectivity index (χ1) is 10.3. The largest absolute Gasteiger partial charge is 0.465 e. The Kier molecular flexibility index (Phi) is 6.36. The van der Waals surface area contributed by atoms with Gasteiger partial charge in [-0.2, -0.15) is 0 Å². The predicted molar refractivity (Wildman–Crippen MR) is 78.9 cm³/mol. The minimum Gasteiger partial charge on any atom is -0.465 e. The minimum atomic E-state index is -1.18. The molecule has 2 amide bonds. The number of aryl methyl sites for hydroxylation is 1. The second-order valence-electron chi connectivity index (χ2n) is 5.20. The average molecular weight is 312 g/mol. The molecular weight excluding hydrogens is 292 g/mol. The fourth-order valence-corrected chi connectivity index (χ4v) is 1.80. The van der Waals surface area contributed by atoms with Crippen molar-refractivity contribution in [1.82, 2.24) is 15.2 Å². The average Bonchev–Trinajstić information content (AvgIpc) is 2.85. The highest BCUT2D eigenvalue weighted by Crippen LogP contribution is 2.18. The van der Waals surface area contributed by atoms with E-state index < -0.39 is 16.9 Å². The van der Waals surface area contributed by atoms with Crippen LogP contribution in [-0.2, 0) is 6.54 Å². The molecule has 0 aromatic carbocycles. The van der Waals surface area contributed by atoms with E-state index in [1.807, 2.05) is 13.8 Å². The number of rotatable bonds is 8. The van der Waals surface area contributed by atoms with Crippen LogP contribution in [0.3, 0.4) is 0 Å². The number of nitro groups is 1. The Hall–Kier alpha value is -2.58. The molecule has 1 heterocycles. The first-order valence-corrected chi connectivity index (χ1v) is 6.90. The summed E-state index contributed by atoms with van der Waals surface area (Å²) in [6, 6.07) is 1.22. The first-order valence-electron chi connectivity index (χ1n) is 6.90. The van der Waals surface area contributed by atoms with E-state index in [9.17, 15) is 19.7 Å². The minimum absolute atomic E-state index is 0.0653. The fraction of sp³-hybridized carbons (Fsp3) is 0.538. The lowest BCUT2D eigenvalue weighted by atomic mass is 10.1. The number of hydrogen-bond donors (Lipinski definition) is 3. The number of carboxylic acid groups (broad SMARTS) is 1. The summed E-state index contributed by atoms with van der Waals surface area (Å²) >= 11 is 0. The highest BCUT2D eigenvalue weighted by atomic mass is 16.6. The van der Waals surface area contributed by atoms with E-state index in [0.29, 0.717) is 12.5 Å². The Morgan fingerprint density at radius 1 is 1.36 bits per heavy atom. The Morgan fingerprint density at radius 3 is 2.55 bits per heavy atom. The summed E-state index contributed by atoms with van der Waals surface area (Å²) in [5, 5.41) is 23.9. The second-order valence-corrected chi connectivity index (χ2v) is 5.20. The third-order valence-corrected chi connectivity index (χ3v) is 2.96. The Morgan fingerprint density at radius 2 is 2.00 bits per heavy atom. The molecule has 1 aromatic heterocycles. The molecule has 0 aliphatic heterocycles. The van der Waals surface area contributed by atoms with Crippen LogP contribution in [0.4, 0.5) is 10.5 Å². The van der Waals surface area contributed by atoms with Crippen molar-refractivity contribution in [2.24, 2.45) is 5.92 Å². The second kappa shape index (κ2) is 8.01. The Labute approximate surface area is 127 Å². The maximum atomic E-state index is 12.1. The van der Waals surface area contributed by atoms with Gasteiger partial charge in [0.2, 0.25) is 0 Å². The van der Waals surface area contributed by atoms with Crippen molar-refractivity contribution in [2.45, 2.75) is 26.8 Å². The van der Waals surface area contributed by atoms with Crippen LogP contribution in [0.25, 0.3) is 0 Å². The van der Waals surface area contributed by atoms with Crippen LogP contribution in [-0.4, -0.2) is 39.7 Å². The molecule has 1 aromatic rings. The maximum absolute atomic E-state index is 12.1. The monoisotopic (exact) mass is 312 g/mol. The van der Waals surface area contributed by atoms with E-state index >= 15 is 0 Å². The summed E-state index contributed by atoms with van der Waals surface area (Å²) < 4.78 is 1.55. The molecule has 0 aliphatic carbocycles. The molecule has 0 spiro atoms. The van der Waals surface area contributed by atoms with Crippen LogP contribution in [0.5, 0.6) is 0 Å². The highest BCUT2D eigenvalue weighted by molar-refractivity contribution is 5.93. The maximum Gasteiger partial charge on any atom is 0.404 e. The number of hydrogen-bond acceptors (Lipinski definition) is 4. The van der Waals surface area contributed by atoms with E-state index in [1.54, 1.807) is 4.57 Å². The van der Waals surface area contributed by atoms with Crippen LogP contribution in [0, 0.1) is 16.0 Å². The van der Waals surface area contributed by atoms with Gasteiger partial charge in [-0.25, -0.2) is 4.79 Å². The van der Waals surface area contributed by atoms with Gasteiger partial charge in [0.1, 0.15) is 5.69 Å². The molecule has 9 heteroatoms.